The van der Waals surface area contributed by atoms with Gasteiger partial charge in [-0.25, -0.2) is 0 Å². The van der Waals surface area contributed by atoms with Crippen molar-refractivity contribution in [3.05, 3.63) is 23.5 Å². The molecule has 2 heterocycles. The lowest BCUT2D eigenvalue weighted by atomic mass is 10.3. The van der Waals surface area contributed by atoms with E-state index >= 15 is 0 Å². The maximum absolute atomic E-state index is 3.92. The Morgan fingerprint density at radius 1 is 1.75 bits per heavy atom. The number of aliphatic imine (C=N–C) groups is 1. The zero-order chi connectivity index (χ0) is 5.40. The lowest BCUT2D eigenvalue weighted by molar-refractivity contribution is 0.968. The monoisotopic (exact) mass is 105 g/mol. The van der Waals surface area contributed by atoms with Gasteiger partial charge in [0.25, 0.3) is 0 Å². The van der Waals surface area contributed by atoms with Gasteiger partial charge in [0.2, 0.25) is 0 Å². The summed E-state index contributed by atoms with van der Waals surface area (Å²) in [5.74, 6) is 0. The van der Waals surface area contributed by atoms with E-state index in [1.54, 1.807) is 0 Å². The molecule has 0 aromatic heterocycles. The minimum atomic E-state index is 0.840. The van der Waals surface area contributed by atoms with Crippen LogP contribution >= 0.6 is 0 Å². The standard InChI is InChI=1S/C6H5N2/c1-2-8-6-4-7-3-5(1)6/h3-4,8H,2H2. The first kappa shape index (κ1) is 3.89. The average Bonchev–Trinajstić information content (AvgIpc) is 2.15. The number of allylic oxidation sites excluding steroid dienone is 1. The maximum Gasteiger partial charge on any atom is 0.0621 e. The molecule has 0 atom stereocenters. The molecule has 2 aliphatic heterocycles. The quantitative estimate of drug-likeness (QED) is 0.469. The Kier molecular flexibility index (Phi) is 0.592. The smallest absolute Gasteiger partial charge is 0.0621 e. The molecule has 0 fully saturated rings. The Labute approximate surface area is 47.6 Å². The van der Waals surface area contributed by atoms with E-state index < -0.39 is 0 Å². The third-order valence-corrected chi connectivity index (χ3v) is 1.26. The van der Waals surface area contributed by atoms with E-state index in [2.05, 4.69) is 16.4 Å². The highest BCUT2D eigenvalue weighted by molar-refractivity contribution is 5.87. The summed E-state index contributed by atoms with van der Waals surface area (Å²) in [5.41, 5.74) is 2.23. The summed E-state index contributed by atoms with van der Waals surface area (Å²) in [4.78, 5) is 3.92. The molecule has 2 nitrogen and oxygen atoms in total. The molecule has 0 bridgehead atoms. The first-order valence-electron chi connectivity index (χ1n) is 2.55. The molecule has 2 heteroatoms. The molecule has 0 aliphatic carbocycles. The van der Waals surface area contributed by atoms with Crippen molar-refractivity contribution in [3.8, 4) is 0 Å². The average molecular weight is 105 g/mol. The molecule has 0 saturated heterocycles. The Balaban J connectivity index is 2.49. The molecular weight excluding hydrogens is 100 g/mol. The van der Waals surface area contributed by atoms with Gasteiger partial charge in [-0.2, -0.15) is 0 Å². The second-order valence-electron chi connectivity index (χ2n) is 1.76. The molecule has 1 radical (unpaired) electrons. The fourth-order valence-corrected chi connectivity index (χ4v) is 0.842. The lowest BCUT2D eigenvalue weighted by Crippen LogP contribution is -2.04. The van der Waals surface area contributed by atoms with Gasteiger partial charge in [-0.3, -0.25) is 4.99 Å². The third-order valence-electron chi connectivity index (χ3n) is 1.26. The number of hydrogen-bond acceptors (Lipinski definition) is 2. The first-order valence-corrected chi connectivity index (χ1v) is 2.55. The fourth-order valence-electron chi connectivity index (χ4n) is 0.842. The second kappa shape index (κ2) is 1.22. The van der Waals surface area contributed by atoms with Gasteiger partial charge in [0.1, 0.15) is 0 Å². The van der Waals surface area contributed by atoms with Crippen molar-refractivity contribution in [2.75, 3.05) is 6.54 Å². The van der Waals surface area contributed by atoms with Gasteiger partial charge >= 0.3 is 0 Å². The van der Waals surface area contributed by atoms with E-state index in [9.17, 15) is 0 Å². The molecule has 0 saturated carbocycles. The van der Waals surface area contributed by atoms with Crippen LogP contribution in [0, 0.1) is 6.08 Å². The van der Waals surface area contributed by atoms with Gasteiger partial charge < -0.3 is 5.32 Å². The number of nitrogens with one attached hydrogen (secondary N) is 1. The van der Waals surface area contributed by atoms with E-state index in [1.165, 1.54) is 0 Å². The lowest BCUT2D eigenvalue weighted by Gasteiger charge is -1.90. The number of fused-ring (bicyclic) bond motifs is 1. The van der Waals surface area contributed by atoms with Gasteiger partial charge in [-0.15, -0.1) is 0 Å². The summed E-state index contributed by atoms with van der Waals surface area (Å²) < 4.78 is 0. The summed E-state index contributed by atoms with van der Waals surface area (Å²) >= 11 is 0. The highest BCUT2D eigenvalue weighted by Gasteiger charge is 2.11. The summed E-state index contributed by atoms with van der Waals surface area (Å²) in [6.45, 7) is 0.840. The topological polar surface area (TPSA) is 24.4 Å². The van der Waals surface area contributed by atoms with Crippen LogP contribution in [0.5, 0.6) is 0 Å². The molecule has 0 aromatic carbocycles. The SMILES string of the molecule is [C]1=C2C=NC=C2NC1. The Morgan fingerprint density at radius 3 is 3.62 bits per heavy atom. The minimum Gasteiger partial charge on any atom is -0.379 e. The summed E-state index contributed by atoms with van der Waals surface area (Å²) in [6, 6.07) is 0. The Bertz CT molecular complexity index is 199. The van der Waals surface area contributed by atoms with Crippen LogP contribution in [0.1, 0.15) is 0 Å². The predicted molar refractivity (Wildman–Crippen MR) is 31.3 cm³/mol. The van der Waals surface area contributed by atoms with Crippen molar-refractivity contribution in [2.45, 2.75) is 0 Å². The van der Waals surface area contributed by atoms with Crippen LogP contribution in [0.3, 0.4) is 0 Å². The highest BCUT2D eigenvalue weighted by Crippen LogP contribution is 2.13. The van der Waals surface area contributed by atoms with Crippen LogP contribution in [-0.2, 0) is 0 Å². The van der Waals surface area contributed by atoms with Crippen molar-refractivity contribution >= 4 is 6.21 Å². The largest absolute Gasteiger partial charge is 0.379 e. The molecule has 2 rings (SSSR count). The number of rotatable bonds is 0. The van der Waals surface area contributed by atoms with E-state index in [0.29, 0.717) is 0 Å². The van der Waals surface area contributed by atoms with Crippen LogP contribution < -0.4 is 5.32 Å². The molecule has 1 N–H and O–H groups in total. The van der Waals surface area contributed by atoms with Gasteiger partial charge in [-0.05, 0) is 6.08 Å². The van der Waals surface area contributed by atoms with Crippen LogP contribution in [-0.4, -0.2) is 12.8 Å². The molecule has 0 amide bonds. The molecular formula is C6H5N2. The number of nitrogens with zero attached hydrogens (tertiary/aromatic N) is 1. The summed E-state index contributed by atoms with van der Waals surface area (Å²) in [6.07, 6.45) is 6.74. The number of hydrogen-bond donors (Lipinski definition) is 1. The van der Waals surface area contributed by atoms with E-state index in [0.717, 1.165) is 17.8 Å². The van der Waals surface area contributed by atoms with Crippen LogP contribution in [0.25, 0.3) is 0 Å². The van der Waals surface area contributed by atoms with Gasteiger partial charge in [-0.1, -0.05) is 0 Å². The summed E-state index contributed by atoms with van der Waals surface area (Å²) in [5, 5.41) is 3.11. The fraction of sp³-hybridized carbons (Fsp3) is 0.167. The van der Waals surface area contributed by atoms with Crippen LogP contribution in [0.15, 0.2) is 22.5 Å². The normalized spacial score (nSPS) is 22.0. The van der Waals surface area contributed by atoms with E-state index in [4.69, 9.17) is 0 Å². The zero-order valence-corrected chi connectivity index (χ0v) is 4.31. The first-order chi connectivity index (χ1) is 3.97. The van der Waals surface area contributed by atoms with E-state index in [-0.39, 0.29) is 0 Å². The van der Waals surface area contributed by atoms with Gasteiger partial charge in [0, 0.05) is 18.3 Å². The van der Waals surface area contributed by atoms with Crippen molar-refractivity contribution in [2.24, 2.45) is 4.99 Å². The second-order valence-corrected chi connectivity index (χ2v) is 1.76. The molecule has 0 unspecified atom stereocenters. The molecule has 39 valence electrons. The Morgan fingerprint density at radius 2 is 2.75 bits per heavy atom. The van der Waals surface area contributed by atoms with Crippen molar-refractivity contribution in [1.29, 1.82) is 0 Å². The molecule has 8 heavy (non-hydrogen) atoms. The molecule has 0 spiro atoms. The predicted octanol–water partition coefficient (Wildman–Crippen LogP) is 0.245. The highest BCUT2D eigenvalue weighted by atomic mass is 14.9. The summed E-state index contributed by atoms with van der Waals surface area (Å²) in [7, 11) is 0. The zero-order valence-electron chi connectivity index (χ0n) is 4.31. The van der Waals surface area contributed by atoms with Gasteiger partial charge in [0.05, 0.1) is 11.9 Å². The van der Waals surface area contributed by atoms with Gasteiger partial charge in [0.15, 0.2) is 0 Å². The molecule has 0 aromatic rings. The van der Waals surface area contributed by atoms with Crippen molar-refractivity contribution in [3.63, 3.8) is 0 Å². The molecule has 2 aliphatic rings. The van der Waals surface area contributed by atoms with Crippen LogP contribution in [0.4, 0.5) is 0 Å². The van der Waals surface area contributed by atoms with Crippen molar-refractivity contribution < 1.29 is 0 Å². The van der Waals surface area contributed by atoms with E-state index in [1.807, 2.05) is 12.4 Å². The van der Waals surface area contributed by atoms with Crippen molar-refractivity contribution in [1.82, 2.24) is 5.32 Å². The van der Waals surface area contributed by atoms with Crippen LogP contribution in [0.2, 0.25) is 0 Å². The maximum atomic E-state index is 3.92. The Hall–Kier alpha value is -1.05. The minimum absolute atomic E-state index is 0.840. The third kappa shape index (κ3) is 0.346.